The van der Waals surface area contributed by atoms with E-state index in [-0.39, 0.29) is 0 Å². The number of aryl methyl sites for hydroxylation is 8. The fraction of sp³-hybridized carbons (Fsp3) is 0.185. The topological polar surface area (TPSA) is 24.1 Å². The van der Waals surface area contributed by atoms with Crippen molar-refractivity contribution in [1.82, 2.24) is 0 Å². The number of rotatable bonds is 7. The van der Waals surface area contributed by atoms with E-state index in [1.165, 1.54) is 99.7 Å². The zero-order chi connectivity index (χ0) is 37.3. The molecule has 0 unspecified atom stereocenters. The minimum Gasteiger partial charge on any atom is -0.383 e. The Hall–Kier alpha value is -6.12. The van der Waals surface area contributed by atoms with Gasteiger partial charge in [-0.3, -0.25) is 0 Å². The Morgan fingerprint density at radius 3 is 1.14 bits per heavy atom. The minimum absolute atomic E-state index is 0.862. The van der Waals surface area contributed by atoms with Crippen LogP contribution in [0.2, 0.25) is 0 Å². The molecule has 2 N–H and O–H groups in total. The zero-order valence-corrected chi connectivity index (χ0v) is 32.1. The first kappa shape index (κ1) is 34.4. The van der Waals surface area contributed by atoms with Gasteiger partial charge >= 0.3 is 0 Å². The van der Waals surface area contributed by atoms with E-state index in [0.29, 0.717) is 0 Å². The van der Waals surface area contributed by atoms with Gasteiger partial charge in [0.1, 0.15) is 0 Å². The van der Waals surface area contributed by atoms with Crippen LogP contribution in [0.25, 0.3) is 43.8 Å². The number of anilines is 2. The number of hydrogen-bond acceptors (Lipinski definition) is 2. The van der Waals surface area contributed by atoms with Crippen molar-refractivity contribution in [3.8, 4) is 22.3 Å². The molecule has 274 valence electrons. The summed E-state index contributed by atoms with van der Waals surface area (Å²) in [6.45, 7) is 1.72. The van der Waals surface area contributed by atoms with Crippen LogP contribution < -0.4 is 10.6 Å². The standard InChI is InChI=1S/C54H48N2/c1-3-11-47-41(7-1)9-5-13-49(47)51-33-37-15-17-39-21-25-45(29-27-43(51)23-19-37)53(35-39)55-31-32-56-54-36-40-18-16-38-20-24-44(28-30-46(54)26-22-40)52(34-38)50-14-6-10-42-8-2-4-12-48(42)50/h1-14,19-26,33-36,55-56H,15-18,27-32H2. The summed E-state index contributed by atoms with van der Waals surface area (Å²) in [5, 5.41) is 13.0. The first-order chi connectivity index (χ1) is 27.7. The van der Waals surface area contributed by atoms with Gasteiger partial charge in [0, 0.05) is 24.5 Å². The minimum atomic E-state index is 0.862. The fourth-order valence-electron chi connectivity index (χ4n) is 9.25. The molecule has 0 radical (unpaired) electrons. The molecule has 2 nitrogen and oxygen atoms in total. The lowest BCUT2D eigenvalue weighted by molar-refractivity contribution is 0.916. The first-order valence-corrected chi connectivity index (χ1v) is 20.6. The Bertz CT molecular complexity index is 2520. The molecule has 8 aliphatic carbocycles. The second-order valence-electron chi connectivity index (χ2n) is 15.9. The molecule has 56 heavy (non-hydrogen) atoms. The quantitative estimate of drug-likeness (QED) is 0.160. The van der Waals surface area contributed by atoms with Crippen molar-refractivity contribution in [3.63, 3.8) is 0 Å². The van der Waals surface area contributed by atoms with Gasteiger partial charge in [0.05, 0.1) is 0 Å². The molecule has 0 heterocycles. The third-order valence-corrected chi connectivity index (χ3v) is 12.3. The molecule has 8 aromatic rings. The number of fused-ring (bicyclic) bond motifs is 2. The van der Waals surface area contributed by atoms with E-state index >= 15 is 0 Å². The van der Waals surface area contributed by atoms with E-state index in [0.717, 1.165) is 64.5 Å². The van der Waals surface area contributed by atoms with Gasteiger partial charge in [-0.25, -0.2) is 0 Å². The predicted molar refractivity (Wildman–Crippen MR) is 238 cm³/mol. The van der Waals surface area contributed by atoms with Gasteiger partial charge in [-0.2, -0.15) is 0 Å². The Labute approximate surface area is 331 Å². The summed E-state index contributed by atoms with van der Waals surface area (Å²) in [4.78, 5) is 0. The van der Waals surface area contributed by atoms with E-state index in [2.05, 4.69) is 168 Å². The maximum Gasteiger partial charge on any atom is 0.0376 e. The summed E-state index contributed by atoms with van der Waals surface area (Å²) >= 11 is 0. The van der Waals surface area contributed by atoms with Crippen LogP contribution in [-0.4, -0.2) is 13.1 Å². The normalized spacial score (nSPS) is 13.6. The summed E-state index contributed by atoms with van der Waals surface area (Å²) in [7, 11) is 0. The van der Waals surface area contributed by atoms with Gasteiger partial charge in [0.15, 0.2) is 0 Å². The van der Waals surface area contributed by atoms with Gasteiger partial charge < -0.3 is 10.6 Å². The van der Waals surface area contributed by atoms with E-state index in [9.17, 15) is 0 Å². The molecule has 8 bridgehead atoms. The van der Waals surface area contributed by atoms with Crippen molar-refractivity contribution in [1.29, 1.82) is 0 Å². The zero-order valence-electron chi connectivity index (χ0n) is 32.1. The van der Waals surface area contributed by atoms with Gasteiger partial charge in [0.25, 0.3) is 0 Å². The van der Waals surface area contributed by atoms with Gasteiger partial charge in [0.2, 0.25) is 0 Å². The van der Waals surface area contributed by atoms with Crippen LogP contribution in [-0.2, 0) is 51.4 Å². The first-order valence-electron chi connectivity index (χ1n) is 20.6. The molecule has 2 heteroatoms. The average Bonchev–Trinajstić information content (AvgIpc) is 3.24. The molecule has 0 spiro atoms. The lowest BCUT2D eigenvalue weighted by Crippen LogP contribution is -2.16. The van der Waals surface area contributed by atoms with Crippen molar-refractivity contribution >= 4 is 32.9 Å². The van der Waals surface area contributed by atoms with Crippen molar-refractivity contribution in [3.05, 3.63) is 202 Å². The summed E-state index contributed by atoms with van der Waals surface area (Å²) in [5.41, 5.74) is 19.3. The largest absolute Gasteiger partial charge is 0.383 e. The van der Waals surface area contributed by atoms with Crippen molar-refractivity contribution in [2.24, 2.45) is 0 Å². The van der Waals surface area contributed by atoms with Crippen LogP contribution >= 0.6 is 0 Å². The third kappa shape index (κ3) is 6.97. The maximum atomic E-state index is 3.88. The van der Waals surface area contributed by atoms with E-state index in [4.69, 9.17) is 0 Å². The highest BCUT2D eigenvalue weighted by Crippen LogP contribution is 2.36. The molecule has 8 aliphatic rings. The van der Waals surface area contributed by atoms with Crippen LogP contribution in [0, 0.1) is 0 Å². The highest BCUT2D eigenvalue weighted by atomic mass is 14.9. The highest BCUT2D eigenvalue weighted by molar-refractivity contribution is 5.98. The fourth-order valence-corrected chi connectivity index (χ4v) is 9.25. The summed E-state index contributed by atoms with van der Waals surface area (Å²) in [6, 6.07) is 59.8. The van der Waals surface area contributed by atoms with Crippen LogP contribution in [0.3, 0.4) is 0 Å². The van der Waals surface area contributed by atoms with Crippen molar-refractivity contribution in [2.75, 3.05) is 23.7 Å². The summed E-state index contributed by atoms with van der Waals surface area (Å²) in [5.74, 6) is 0. The van der Waals surface area contributed by atoms with Crippen molar-refractivity contribution < 1.29 is 0 Å². The Morgan fingerprint density at radius 1 is 0.304 bits per heavy atom. The van der Waals surface area contributed by atoms with E-state index in [1.54, 1.807) is 0 Å². The monoisotopic (exact) mass is 724 g/mol. The van der Waals surface area contributed by atoms with Gasteiger partial charge in [-0.1, -0.05) is 146 Å². The summed E-state index contributed by atoms with van der Waals surface area (Å²) < 4.78 is 0. The smallest absolute Gasteiger partial charge is 0.0376 e. The van der Waals surface area contributed by atoms with Gasteiger partial charge in [-0.15, -0.1) is 0 Å². The molecular formula is C54H48N2. The van der Waals surface area contributed by atoms with Crippen LogP contribution in [0.15, 0.2) is 158 Å². The molecule has 0 saturated heterocycles. The lowest BCUT2D eigenvalue weighted by Gasteiger charge is -2.20. The van der Waals surface area contributed by atoms with Crippen LogP contribution in [0.5, 0.6) is 0 Å². The van der Waals surface area contributed by atoms with Gasteiger partial charge in [-0.05, 0) is 152 Å². The lowest BCUT2D eigenvalue weighted by atomic mass is 9.88. The second kappa shape index (κ2) is 15.2. The summed E-state index contributed by atoms with van der Waals surface area (Å²) in [6.07, 6.45) is 8.14. The molecule has 16 rings (SSSR count). The number of hydrogen-bond donors (Lipinski definition) is 2. The van der Waals surface area contributed by atoms with Crippen molar-refractivity contribution in [2.45, 2.75) is 51.4 Å². The third-order valence-electron chi connectivity index (χ3n) is 12.3. The molecule has 8 aromatic carbocycles. The Balaban J connectivity index is 0.856. The van der Waals surface area contributed by atoms with E-state index in [1.807, 2.05) is 0 Å². The molecule has 0 aliphatic heterocycles. The van der Waals surface area contributed by atoms with Crippen LogP contribution in [0.4, 0.5) is 11.4 Å². The van der Waals surface area contributed by atoms with Crippen LogP contribution in [0.1, 0.15) is 44.5 Å². The molecule has 0 aromatic heterocycles. The Kier molecular flexibility index (Phi) is 9.33. The number of benzene rings is 8. The molecule has 0 fully saturated rings. The Morgan fingerprint density at radius 2 is 0.679 bits per heavy atom. The average molecular weight is 725 g/mol. The molecular weight excluding hydrogens is 677 g/mol. The SMILES string of the molecule is c1ccc2c(-c3cc4ccc3CCc3ccc(cc3NCCNc3cc5ccc3CCc3ccc(cc3-c3cccc6ccccc36)CC5)CC4)cccc2c1. The highest BCUT2D eigenvalue weighted by Gasteiger charge is 2.16. The number of nitrogens with one attached hydrogen (secondary N) is 2. The molecule has 0 amide bonds. The maximum absolute atomic E-state index is 3.88. The molecule has 0 atom stereocenters. The predicted octanol–water partition coefficient (Wildman–Crippen LogP) is 12.6. The molecule has 0 saturated carbocycles. The van der Waals surface area contributed by atoms with E-state index < -0.39 is 0 Å². The second-order valence-corrected chi connectivity index (χ2v) is 15.9.